The van der Waals surface area contributed by atoms with Crippen molar-refractivity contribution in [3.05, 3.63) is 12.7 Å². The van der Waals surface area contributed by atoms with E-state index >= 15 is 0 Å². The van der Waals surface area contributed by atoms with E-state index in [0.29, 0.717) is 0 Å². The molecule has 0 bridgehead atoms. The second-order valence-electron chi connectivity index (χ2n) is 2.50. The van der Waals surface area contributed by atoms with Crippen molar-refractivity contribution in [1.82, 2.24) is 0 Å². The van der Waals surface area contributed by atoms with E-state index in [1.165, 1.54) is 0 Å². The van der Waals surface area contributed by atoms with Crippen LogP contribution in [-0.4, -0.2) is 23.9 Å². The number of ether oxygens (including phenoxy) is 1. The molecular weight excluding hydrogens is 184 g/mol. The van der Waals surface area contributed by atoms with Gasteiger partial charge in [-0.1, -0.05) is 6.58 Å². The SMILES string of the molecule is C=CC(=O)OC(C)(C)S(=O)(=O)O. The lowest BCUT2D eigenvalue weighted by Gasteiger charge is -2.20. The second-order valence-corrected chi connectivity index (χ2v) is 4.43. The molecule has 0 aliphatic heterocycles. The summed E-state index contributed by atoms with van der Waals surface area (Å²) in [7, 11) is -4.40. The van der Waals surface area contributed by atoms with Gasteiger partial charge in [0, 0.05) is 6.08 Å². The van der Waals surface area contributed by atoms with E-state index in [1.807, 2.05) is 0 Å². The predicted octanol–water partition coefficient (Wildman–Crippen LogP) is 0.339. The molecule has 6 heteroatoms. The highest BCUT2D eigenvalue weighted by molar-refractivity contribution is 7.87. The molecule has 0 saturated heterocycles. The molecule has 12 heavy (non-hydrogen) atoms. The molecular formula is C6H10O5S. The van der Waals surface area contributed by atoms with Gasteiger partial charge in [-0.25, -0.2) is 4.79 Å². The normalized spacial score (nSPS) is 12.2. The standard InChI is InChI=1S/C6H10O5S/c1-4-5(7)11-6(2,3)12(8,9)10/h4H,1H2,2-3H3,(H,8,9,10). The van der Waals surface area contributed by atoms with Crippen molar-refractivity contribution < 1.29 is 22.5 Å². The molecule has 0 fully saturated rings. The maximum Gasteiger partial charge on any atom is 0.331 e. The number of hydrogen-bond donors (Lipinski definition) is 1. The van der Waals surface area contributed by atoms with E-state index in [-0.39, 0.29) is 0 Å². The second kappa shape index (κ2) is 3.24. The minimum atomic E-state index is -4.40. The van der Waals surface area contributed by atoms with E-state index in [1.54, 1.807) is 0 Å². The average molecular weight is 194 g/mol. The van der Waals surface area contributed by atoms with Crippen molar-refractivity contribution in [2.45, 2.75) is 18.8 Å². The van der Waals surface area contributed by atoms with E-state index < -0.39 is 21.0 Å². The predicted molar refractivity (Wildman–Crippen MR) is 41.9 cm³/mol. The Bertz CT molecular complexity index is 287. The third-order valence-corrected chi connectivity index (χ3v) is 2.46. The Morgan fingerprint density at radius 3 is 2.25 bits per heavy atom. The van der Waals surface area contributed by atoms with Crippen LogP contribution in [0.4, 0.5) is 0 Å². The van der Waals surface area contributed by atoms with Gasteiger partial charge in [0.05, 0.1) is 0 Å². The molecule has 0 aromatic heterocycles. The molecule has 1 N–H and O–H groups in total. The van der Waals surface area contributed by atoms with Crippen LogP contribution in [-0.2, 0) is 19.6 Å². The molecule has 0 amide bonds. The van der Waals surface area contributed by atoms with Crippen molar-refractivity contribution in [1.29, 1.82) is 0 Å². The van der Waals surface area contributed by atoms with E-state index in [9.17, 15) is 13.2 Å². The molecule has 0 saturated carbocycles. The zero-order valence-corrected chi connectivity index (χ0v) is 7.59. The zero-order valence-electron chi connectivity index (χ0n) is 6.77. The summed E-state index contributed by atoms with van der Waals surface area (Å²) in [5.41, 5.74) is 0. The largest absolute Gasteiger partial charge is 0.437 e. The number of rotatable bonds is 3. The van der Waals surface area contributed by atoms with Crippen LogP contribution in [0, 0.1) is 0 Å². The molecule has 0 spiro atoms. The van der Waals surface area contributed by atoms with Crippen molar-refractivity contribution >= 4 is 16.1 Å². The molecule has 5 nitrogen and oxygen atoms in total. The number of carbonyl (C=O) groups is 1. The lowest BCUT2D eigenvalue weighted by atomic mass is 10.4. The van der Waals surface area contributed by atoms with Gasteiger partial charge in [-0.15, -0.1) is 0 Å². The Balaban J connectivity index is 4.66. The van der Waals surface area contributed by atoms with Crippen molar-refractivity contribution in [3.8, 4) is 0 Å². The molecule has 0 aliphatic rings. The first-order valence-electron chi connectivity index (χ1n) is 3.03. The zero-order chi connectivity index (χ0) is 9.99. The molecule has 0 aromatic carbocycles. The van der Waals surface area contributed by atoms with Gasteiger partial charge in [-0.2, -0.15) is 8.42 Å². The van der Waals surface area contributed by atoms with Crippen LogP contribution in [0.2, 0.25) is 0 Å². The summed E-state index contributed by atoms with van der Waals surface area (Å²) in [6.45, 7) is 5.19. The Labute approximate surface area is 70.8 Å². The molecule has 70 valence electrons. The van der Waals surface area contributed by atoms with Gasteiger partial charge in [0.15, 0.2) is 0 Å². The van der Waals surface area contributed by atoms with Gasteiger partial charge < -0.3 is 4.74 Å². The highest BCUT2D eigenvalue weighted by Crippen LogP contribution is 2.16. The van der Waals surface area contributed by atoms with Gasteiger partial charge in [0.2, 0.25) is 4.93 Å². The van der Waals surface area contributed by atoms with Gasteiger partial charge in [0.25, 0.3) is 0 Å². The number of esters is 1. The monoisotopic (exact) mass is 194 g/mol. The topological polar surface area (TPSA) is 80.7 Å². The first kappa shape index (κ1) is 11.1. The van der Waals surface area contributed by atoms with Crippen LogP contribution in [0.5, 0.6) is 0 Å². The molecule has 0 unspecified atom stereocenters. The van der Waals surface area contributed by atoms with Gasteiger partial charge in [-0.05, 0) is 13.8 Å². The minimum Gasteiger partial charge on any atom is -0.437 e. The molecule has 0 aliphatic carbocycles. The van der Waals surface area contributed by atoms with Crippen LogP contribution >= 0.6 is 0 Å². The van der Waals surface area contributed by atoms with Gasteiger partial charge in [0.1, 0.15) is 0 Å². The average Bonchev–Trinajstić information content (AvgIpc) is 1.84. The van der Waals surface area contributed by atoms with Crippen molar-refractivity contribution in [2.75, 3.05) is 0 Å². The van der Waals surface area contributed by atoms with Crippen LogP contribution in [0.15, 0.2) is 12.7 Å². The summed E-state index contributed by atoms with van der Waals surface area (Å²) in [5, 5.41) is 0. The van der Waals surface area contributed by atoms with Gasteiger partial charge >= 0.3 is 16.1 Å². The Kier molecular flexibility index (Phi) is 3.00. The van der Waals surface area contributed by atoms with Crippen LogP contribution in [0.25, 0.3) is 0 Å². The fraction of sp³-hybridized carbons (Fsp3) is 0.500. The van der Waals surface area contributed by atoms with Crippen LogP contribution in [0.1, 0.15) is 13.8 Å². The first-order chi connectivity index (χ1) is 5.20. The molecule has 0 aromatic rings. The van der Waals surface area contributed by atoms with Crippen molar-refractivity contribution in [2.24, 2.45) is 0 Å². The molecule has 0 heterocycles. The Morgan fingerprint density at radius 1 is 1.58 bits per heavy atom. The van der Waals surface area contributed by atoms with Crippen LogP contribution in [0.3, 0.4) is 0 Å². The lowest BCUT2D eigenvalue weighted by molar-refractivity contribution is -0.144. The van der Waals surface area contributed by atoms with E-state index in [0.717, 1.165) is 19.9 Å². The quantitative estimate of drug-likeness (QED) is 0.398. The summed E-state index contributed by atoms with van der Waals surface area (Å²) >= 11 is 0. The maximum absolute atomic E-state index is 10.6. The van der Waals surface area contributed by atoms with Crippen LogP contribution < -0.4 is 0 Å². The minimum absolute atomic E-state index is 0.812. The smallest absolute Gasteiger partial charge is 0.331 e. The number of hydrogen-bond acceptors (Lipinski definition) is 4. The fourth-order valence-electron chi connectivity index (χ4n) is 0.337. The third kappa shape index (κ3) is 2.63. The fourth-order valence-corrected chi connectivity index (χ4v) is 0.524. The Hall–Kier alpha value is -0.880. The highest BCUT2D eigenvalue weighted by Gasteiger charge is 2.36. The summed E-state index contributed by atoms with van der Waals surface area (Å²) in [4.78, 5) is 8.63. The van der Waals surface area contributed by atoms with Crippen molar-refractivity contribution in [3.63, 3.8) is 0 Å². The van der Waals surface area contributed by atoms with Gasteiger partial charge in [-0.3, -0.25) is 4.55 Å². The lowest BCUT2D eigenvalue weighted by Crippen LogP contribution is -2.36. The molecule has 0 rings (SSSR count). The Morgan fingerprint density at radius 2 is 2.00 bits per heavy atom. The highest BCUT2D eigenvalue weighted by atomic mass is 32.2. The van der Waals surface area contributed by atoms with E-state index in [2.05, 4.69) is 11.3 Å². The summed E-state index contributed by atoms with van der Waals surface area (Å²) in [6.07, 6.45) is 0.812. The first-order valence-corrected chi connectivity index (χ1v) is 4.47. The molecule has 0 atom stereocenters. The summed E-state index contributed by atoms with van der Waals surface area (Å²) in [5.74, 6) is -0.905. The number of carbonyl (C=O) groups excluding carboxylic acids is 1. The third-order valence-electron chi connectivity index (χ3n) is 1.13. The summed E-state index contributed by atoms with van der Waals surface area (Å²) in [6, 6.07) is 0. The summed E-state index contributed by atoms with van der Waals surface area (Å²) < 4.78 is 34.0. The van der Waals surface area contributed by atoms with E-state index in [4.69, 9.17) is 4.55 Å². The maximum atomic E-state index is 10.6. The molecule has 0 radical (unpaired) electrons.